The molecule has 0 amide bonds. The topological polar surface area (TPSA) is 83.8 Å². The molecule has 5 nitrogen and oxygen atoms in total. The van der Waals surface area contributed by atoms with Gasteiger partial charge in [0.05, 0.1) is 6.61 Å². The standard InChI is InChI=1S/C3H6O3.C3H4O2/c1-2-6-3(4)5;1-2-3(4)5/h2H2,1H3,(H,4,5);2H,1H2,(H,4,5). The maximum Gasteiger partial charge on any atom is 0.505 e. The maximum atomic E-state index is 9.38. The highest BCUT2D eigenvalue weighted by molar-refractivity contribution is 5.78. The third-order valence-electron chi connectivity index (χ3n) is 0.442. The Morgan fingerprint density at radius 2 is 1.91 bits per heavy atom. The minimum Gasteiger partial charge on any atom is -0.478 e. The molecule has 0 aromatic heterocycles. The van der Waals surface area contributed by atoms with Crippen molar-refractivity contribution < 1.29 is 24.5 Å². The molecular weight excluding hydrogens is 152 g/mol. The van der Waals surface area contributed by atoms with Crippen molar-refractivity contribution in [2.45, 2.75) is 6.92 Å². The third-order valence-corrected chi connectivity index (χ3v) is 0.442. The lowest BCUT2D eigenvalue weighted by Gasteiger charge is -1.87. The Morgan fingerprint density at radius 3 is 1.91 bits per heavy atom. The first-order chi connectivity index (χ1) is 5.04. The summed E-state index contributed by atoms with van der Waals surface area (Å²) in [5, 5.41) is 15.3. The molecule has 0 aliphatic carbocycles. The third kappa shape index (κ3) is 29.4. The Labute approximate surface area is 63.9 Å². The predicted molar refractivity (Wildman–Crippen MR) is 37.5 cm³/mol. The molecule has 0 saturated carbocycles. The number of carboxylic acids is 1. The zero-order valence-corrected chi connectivity index (χ0v) is 6.11. The Bertz CT molecular complexity index is 140. The normalized spacial score (nSPS) is 7.00. The fraction of sp³-hybridized carbons (Fsp3) is 0.333. The van der Waals surface area contributed by atoms with E-state index in [1.165, 1.54) is 0 Å². The number of hydrogen-bond acceptors (Lipinski definition) is 3. The molecule has 5 heteroatoms. The molecule has 64 valence electrons. The summed E-state index contributed by atoms with van der Waals surface area (Å²) in [6, 6.07) is 0. The van der Waals surface area contributed by atoms with Crippen LogP contribution in [0.2, 0.25) is 0 Å². The van der Waals surface area contributed by atoms with Gasteiger partial charge in [0, 0.05) is 6.08 Å². The van der Waals surface area contributed by atoms with Crippen molar-refractivity contribution in [1.29, 1.82) is 0 Å². The zero-order valence-electron chi connectivity index (χ0n) is 6.11. The van der Waals surface area contributed by atoms with Gasteiger partial charge in [0.15, 0.2) is 0 Å². The molecule has 11 heavy (non-hydrogen) atoms. The van der Waals surface area contributed by atoms with Gasteiger partial charge in [0.25, 0.3) is 0 Å². The SMILES string of the molecule is C=CC(=O)O.CCOC(=O)O. The van der Waals surface area contributed by atoms with E-state index in [1.54, 1.807) is 6.92 Å². The molecule has 0 radical (unpaired) electrons. The molecule has 0 rings (SSSR count). The molecule has 0 aliphatic rings. The van der Waals surface area contributed by atoms with Gasteiger partial charge >= 0.3 is 12.1 Å². The van der Waals surface area contributed by atoms with Crippen molar-refractivity contribution >= 4 is 12.1 Å². The fourth-order valence-electron chi connectivity index (χ4n) is 0.123. The van der Waals surface area contributed by atoms with E-state index in [2.05, 4.69) is 11.3 Å². The van der Waals surface area contributed by atoms with Gasteiger partial charge in [0.2, 0.25) is 0 Å². The Balaban J connectivity index is 0. The summed E-state index contributed by atoms with van der Waals surface area (Å²) in [4.78, 5) is 18.6. The molecule has 0 aromatic rings. The van der Waals surface area contributed by atoms with E-state index in [9.17, 15) is 9.59 Å². The van der Waals surface area contributed by atoms with Gasteiger partial charge in [-0.15, -0.1) is 0 Å². The largest absolute Gasteiger partial charge is 0.505 e. The molecule has 0 saturated heterocycles. The van der Waals surface area contributed by atoms with Crippen molar-refractivity contribution in [3.8, 4) is 0 Å². The van der Waals surface area contributed by atoms with Crippen LogP contribution in [0.5, 0.6) is 0 Å². The molecule has 0 bridgehead atoms. The van der Waals surface area contributed by atoms with Gasteiger partial charge in [-0.3, -0.25) is 0 Å². The highest BCUT2D eigenvalue weighted by Gasteiger charge is 1.86. The van der Waals surface area contributed by atoms with Gasteiger partial charge in [-0.2, -0.15) is 0 Å². The second-order valence-electron chi connectivity index (χ2n) is 1.24. The van der Waals surface area contributed by atoms with Crippen LogP contribution in [0.15, 0.2) is 12.7 Å². The van der Waals surface area contributed by atoms with Gasteiger partial charge in [-0.25, -0.2) is 9.59 Å². The minimum atomic E-state index is -1.21. The average Bonchev–Trinajstić information content (AvgIpc) is 1.89. The van der Waals surface area contributed by atoms with Crippen molar-refractivity contribution in [3.63, 3.8) is 0 Å². The van der Waals surface area contributed by atoms with Crippen LogP contribution in [0.25, 0.3) is 0 Å². The Morgan fingerprint density at radius 1 is 1.55 bits per heavy atom. The van der Waals surface area contributed by atoms with Crippen LogP contribution < -0.4 is 0 Å². The molecule has 0 aliphatic heterocycles. The fourth-order valence-corrected chi connectivity index (χ4v) is 0.123. The summed E-state index contributed by atoms with van der Waals surface area (Å²) in [5.41, 5.74) is 0. The highest BCUT2D eigenvalue weighted by atomic mass is 16.7. The molecule has 0 spiro atoms. The van der Waals surface area contributed by atoms with Crippen molar-refractivity contribution in [2.24, 2.45) is 0 Å². The van der Waals surface area contributed by atoms with Crippen molar-refractivity contribution in [3.05, 3.63) is 12.7 Å². The first kappa shape index (κ1) is 12.2. The Kier molecular flexibility index (Phi) is 9.39. The van der Waals surface area contributed by atoms with E-state index >= 15 is 0 Å². The molecule has 0 fully saturated rings. The van der Waals surface area contributed by atoms with E-state index in [4.69, 9.17) is 10.2 Å². The van der Waals surface area contributed by atoms with Crippen molar-refractivity contribution in [2.75, 3.05) is 6.61 Å². The van der Waals surface area contributed by atoms with Crippen LogP contribution in [0.4, 0.5) is 4.79 Å². The van der Waals surface area contributed by atoms with E-state index in [0.29, 0.717) is 0 Å². The van der Waals surface area contributed by atoms with Crippen molar-refractivity contribution in [1.82, 2.24) is 0 Å². The van der Waals surface area contributed by atoms with Crippen LogP contribution in [0, 0.1) is 0 Å². The number of rotatable bonds is 2. The van der Waals surface area contributed by atoms with Crippen LogP contribution in [0.1, 0.15) is 6.92 Å². The first-order valence-corrected chi connectivity index (χ1v) is 2.75. The summed E-state index contributed by atoms with van der Waals surface area (Å²) in [6.45, 7) is 4.81. The monoisotopic (exact) mass is 162 g/mol. The minimum absolute atomic E-state index is 0.231. The molecule has 2 N–H and O–H groups in total. The summed E-state index contributed by atoms with van der Waals surface area (Å²) >= 11 is 0. The molecule has 0 unspecified atom stereocenters. The van der Waals surface area contributed by atoms with Gasteiger partial charge in [0.1, 0.15) is 0 Å². The maximum absolute atomic E-state index is 9.38. The van der Waals surface area contributed by atoms with Crippen LogP contribution in [-0.2, 0) is 9.53 Å². The lowest BCUT2D eigenvalue weighted by Crippen LogP contribution is -1.97. The van der Waals surface area contributed by atoms with E-state index in [0.717, 1.165) is 6.08 Å². The summed E-state index contributed by atoms with van der Waals surface area (Å²) < 4.78 is 3.96. The van der Waals surface area contributed by atoms with Crippen LogP contribution in [-0.4, -0.2) is 28.9 Å². The summed E-state index contributed by atoms with van der Waals surface area (Å²) in [6.07, 6.45) is -0.377. The lowest BCUT2D eigenvalue weighted by atomic mass is 10.7. The van der Waals surface area contributed by atoms with Gasteiger partial charge < -0.3 is 14.9 Å². The summed E-state index contributed by atoms with van der Waals surface area (Å²) in [7, 11) is 0. The van der Waals surface area contributed by atoms with Crippen LogP contribution >= 0.6 is 0 Å². The van der Waals surface area contributed by atoms with Gasteiger partial charge in [-0.05, 0) is 6.92 Å². The highest BCUT2D eigenvalue weighted by Crippen LogP contribution is 1.69. The van der Waals surface area contributed by atoms with Gasteiger partial charge in [-0.1, -0.05) is 6.58 Å². The number of aliphatic carboxylic acids is 1. The number of ether oxygens (including phenoxy) is 1. The first-order valence-electron chi connectivity index (χ1n) is 2.75. The zero-order chi connectivity index (χ0) is 9.28. The van der Waals surface area contributed by atoms with E-state index < -0.39 is 12.1 Å². The second-order valence-corrected chi connectivity index (χ2v) is 1.24. The second kappa shape index (κ2) is 8.48. The quantitative estimate of drug-likeness (QED) is 0.466. The van der Waals surface area contributed by atoms with E-state index in [-0.39, 0.29) is 6.61 Å². The lowest BCUT2D eigenvalue weighted by molar-refractivity contribution is -0.131. The van der Waals surface area contributed by atoms with E-state index in [1.807, 2.05) is 0 Å². The smallest absolute Gasteiger partial charge is 0.478 e. The predicted octanol–water partition coefficient (Wildman–Crippen LogP) is 0.958. The molecule has 0 heterocycles. The molecule has 0 aromatic carbocycles. The molecule has 0 atom stereocenters. The number of carboxylic acid groups (broad SMARTS) is 2. The number of hydrogen-bond donors (Lipinski definition) is 2. The molecular formula is C6H10O5. The van der Waals surface area contributed by atoms with Crippen LogP contribution in [0.3, 0.4) is 0 Å². The number of carbonyl (C=O) groups is 2. The summed E-state index contributed by atoms with van der Waals surface area (Å²) in [5.74, 6) is -0.981. The Hall–Kier alpha value is -1.52. The average molecular weight is 162 g/mol.